The fourth-order valence-corrected chi connectivity index (χ4v) is 0.912. The molecular weight excluding hydrogens is 172 g/mol. The molecule has 13 heavy (non-hydrogen) atoms. The Labute approximate surface area is 75.7 Å². The Balaban J connectivity index is 3.06. The quantitative estimate of drug-likeness (QED) is 0.651. The molecule has 0 aliphatic heterocycles. The average Bonchev–Trinajstić information content (AvgIpc) is 2.17. The summed E-state index contributed by atoms with van der Waals surface area (Å²) in [5.41, 5.74) is 0.305. The van der Waals surface area contributed by atoms with Crippen LogP contribution in [0.4, 0.5) is 0 Å². The highest BCUT2D eigenvalue weighted by Crippen LogP contribution is 2.27. The molecule has 0 N–H and O–H groups in total. The largest absolute Gasteiger partial charge is 0.493 e. The van der Waals surface area contributed by atoms with E-state index in [2.05, 4.69) is 4.74 Å². The Bertz CT molecular complexity index is 319. The minimum Gasteiger partial charge on any atom is -0.493 e. The zero-order valence-electron chi connectivity index (χ0n) is 7.37. The first-order valence-electron chi connectivity index (χ1n) is 3.62. The first-order chi connectivity index (χ1) is 6.19. The second-order valence-corrected chi connectivity index (χ2v) is 2.36. The van der Waals surface area contributed by atoms with Crippen molar-refractivity contribution in [2.75, 3.05) is 14.2 Å². The van der Waals surface area contributed by atoms with Gasteiger partial charge in [-0.3, -0.25) is 5.11 Å². The molecule has 1 radical (unpaired) electrons. The fourth-order valence-electron chi connectivity index (χ4n) is 0.912. The van der Waals surface area contributed by atoms with Gasteiger partial charge in [0, 0.05) is 0 Å². The molecule has 0 amide bonds. The van der Waals surface area contributed by atoms with Gasteiger partial charge < -0.3 is 9.47 Å². The molecule has 0 spiro atoms. The standard InChI is InChI=1S/C9H9O4/c1-12-8-5-6(9(11)13-2)3-4-7(8)10/h3-5H,1-2H3. The van der Waals surface area contributed by atoms with E-state index in [4.69, 9.17) is 4.74 Å². The Morgan fingerprint density at radius 1 is 1.31 bits per heavy atom. The Kier molecular flexibility index (Phi) is 2.74. The van der Waals surface area contributed by atoms with Gasteiger partial charge in [-0.05, 0) is 18.2 Å². The number of esters is 1. The Hall–Kier alpha value is -1.71. The molecule has 0 atom stereocenters. The summed E-state index contributed by atoms with van der Waals surface area (Å²) in [5, 5.41) is 11.0. The van der Waals surface area contributed by atoms with Crippen LogP contribution in [0.1, 0.15) is 10.4 Å². The molecule has 0 saturated heterocycles. The third-order valence-corrected chi connectivity index (χ3v) is 1.58. The molecular formula is C9H9O4. The molecule has 0 aliphatic carbocycles. The number of hydrogen-bond donors (Lipinski definition) is 0. The van der Waals surface area contributed by atoms with Crippen molar-refractivity contribution in [2.45, 2.75) is 0 Å². The van der Waals surface area contributed by atoms with Crippen molar-refractivity contribution in [3.05, 3.63) is 23.8 Å². The number of benzene rings is 1. The summed E-state index contributed by atoms with van der Waals surface area (Å²) < 4.78 is 9.24. The third-order valence-electron chi connectivity index (χ3n) is 1.58. The predicted molar refractivity (Wildman–Crippen MR) is 44.5 cm³/mol. The van der Waals surface area contributed by atoms with Gasteiger partial charge in [0.05, 0.1) is 19.8 Å². The van der Waals surface area contributed by atoms with Gasteiger partial charge in [-0.1, -0.05) is 0 Å². The molecule has 0 fully saturated rings. The highest BCUT2D eigenvalue weighted by atomic mass is 16.5. The third kappa shape index (κ3) is 1.90. The predicted octanol–water partition coefficient (Wildman–Crippen LogP) is 1.63. The molecule has 0 aromatic heterocycles. The summed E-state index contributed by atoms with van der Waals surface area (Å²) in [6, 6.07) is 4.02. The van der Waals surface area contributed by atoms with Crippen LogP contribution < -0.4 is 4.74 Å². The summed E-state index contributed by atoms with van der Waals surface area (Å²) in [6.45, 7) is 0. The average molecular weight is 181 g/mol. The van der Waals surface area contributed by atoms with Crippen LogP contribution in [0.5, 0.6) is 11.5 Å². The lowest BCUT2D eigenvalue weighted by atomic mass is 10.2. The Morgan fingerprint density at radius 3 is 2.54 bits per heavy atom. The van der Waals surface area contributed by atoms with E-state index < -0.39 is 5.97 Å². The minimum absolute atomic E-state index is 0.142. The second kappa shape index (κ2) is 3.80. The van der Waals surface area contributed by atoms with E-state index in [0.29, 0.717) is 5.56 Å². The molecule has 0 bridgehead atoms. The van der Waals surface area contributed by atoms with Crippen LogP contribution in [0.2, 0.25) is 0 Å². The van der Waals surface area contributed by atoms with Crippen LogP contribution in [0.3, 0.4) is 0 Å². The van der Waals surface area contributed by atoms with E-state index in [1.54, 1.807) is 0 Å². The van der Waals surface area contributed by atoms with Gasteiger partial charge >= 0.3 is 5.97 Å². The molecule has 69 valence electrons. The van der Waals surface area contributed by atoms with E-state index in [1.165, 1.54) is 32.4 Å². The maximum atomic E-state index is 11.0. The van der Waals surface area contributed by atoms with Gasteiger partial charge in [-0.15, -0.1) is 0 Å². The van der Waals surface area contributed by atoms with Gasteiger partial charge in [-0.2, -0.15) is 0 Å². The Morgan fingerprint density at radius 2 is 2.00 bits per heavy atom. The van der Waals surface area contributed by atoms with Crippen molar-refractivity contribution in [3.63, 3.8) is 0 Å². The molecule has 1 rings (SSSR count). The summed E-state index contributed by atoms with van der Waals surface area (Å²) in [4.78, 5) is 11.0. The highest BCUT2D eigenvalue weighted by Gasteiger charge is 2.10. The number of methoxy groups -OCH3 is 2. The second-order valence-electron chi connectivity index (χ2n) is 2.36. The van der Waals surface area contributed by atoms with Crippen LogP contribution >= 0.6 is 0 Å². The van der Waals surface area contributed by atoms with Gasteiger partial charge in [0.25, 0.3) is 0 Å². The van der Waals surface area contributed by atoms with Crippen LogP contribution in [0.25, 0.3) is 0 Å². The zero-order valence-corrected chi connectivity index (χ0v) is 7.37. The van der Waals surface area contributed by atoms with Crippen molar-refractivity contribution in [1.82, 2.24) is 0 Å². The van der Waals surface area contributed by atoms with Crippen LogP contribution in [-0.2, 0) is 9.84 Å². The lowest BCUT2D eigenvalue weighted by molar-refractivity contribution is 0.0600. The van der Waals surface area contributed by atoms with E-state index in [0.717, 1.165) is 0 Å². The molecule has 0 heterocycles. The van der Waals surface area contributed by atoms with E-state index in [9.17, 15) is 9.90 Å². The van der Waals surface area contributed by atoms with Crippen molar-refractivity contribution >= 4 is 5.97 Å². The van der Waals surface area contributed by atoms with Crippen LogP contribution in [-0.4, -0.2) is 20.2 Å². The molecule has 0 aliphatic rings. The summed E-state index contributed by atoms with van der Waals surface area (Å²) in [6.07, 6.45) is 0. The maximum Gasteiger partial charge on any atom is 0.337 e. The molecule has 4 heteroatoms. The first-order valence-corrected chi connectivity index (χ1v) is 3.62. The monoisotopic (exact) mass is 181 g/mol. The number of carbonyl (C=O) groups is 1. The number of rotatable bonds is 2. The zero-order chi connectivity index (χ0) is 9.84. The van der Waals surface area contributed by atoms with Crippen molar-refractivity contribution in [2.24, 2.45) is 0 Å². The van der Waals surface area contributed by atoms with Gasteiger partial charge in [-0.25, -0.2) is 4.79 Å². The number of hydrogen-bond acceptors (Lipinski definition) is 3. The molecule has 4 nitrogen and oxygen atoms in total. The minimum atomic E-state index is -0.488. The van der Waals surface area contributed by atoms with E-state index >= 15 is 0 Å². The van der Waals surface area contributed by atoms with Crippen LogP contribution in [0.15, 0.2) is 18.2 Å². The molecule has 0 unspecified atom stereocenters. The van der Waals surface area contributed by atoms with Gasteiger partial charge in [0.2, 0.25) is 5.75 Å². The summed E-state index contributed by atoms with van der Waals surface area (Å²) >= 11 is 0. The van der Waals surface area contributed by atoms with E-state index in [1.807, 2.05) is 0 Å². The van der Waals surface area contributed by atoms with Crippen molar-refractivity contribution in [3.8, 4) is 11.5 Å². The van der Waals surface area contributed by atoms with Crippen molar-refractivity contribution in [1.29, 1.82) is 0 Å². The lowest BCUT2D eigenvalue weighted by Gasteiger charge is -2.03. The number of carbonyl (C=O) groups excluding carboxylic acids is 1. The maximum absolute atomic E-state index is 11.0. The summed E-state index contributed by atoms with van der Waals surface area (Å²) in [7, 11) is 2.65. The molecule has 0 saturated carbocycles. The van der Waals surface area contributed by atoms with Crippen LogP contribution in [0, 0.1) is 0 Å². The van der Waals surface area contributed by atoms with Gasteiger partial charge in [0.1, 0.15) is 0 Å². The van der Waals surface area contributed by atoms with E-state index in [-0.39, 0.29) is 11.5 Å². The topological polar surface area (TPSA) is 55.4 Å². The highest BCUT2D eigenvalue weighted by molar-refractivity contribution is 5.90. The normalized spacial score (nSPS) is 9.38. The van der Waals surface area contributed by atoms with Crippen molar-refractivity contribution < 1.29 is 19.4 Å². The smallest absolute Gasteiger partial charge is 0.337 e. The summed E-state index contributed by atoms with van der Waals surface area (Å²) in [5.74, 6) is -0.601. The number of ether oxygens (including phenoxy) is 2. The SMILES string of the molecule is COC(=O)c1ccc([O])c(OC)c1. The van der Waals surface area contributed by atoms with Gasteiger partial charge in [0.15, 0.2) is 5.75 Å². The molecule has 1 aromatic carbocycles. The molecule has 1 aromatic rings. The fraction of sp³-hybridized carbons (Fsp3) is 0.222. The first kappa shape index (κ1) is 9.38. The lowest BCUT2D eigenvalue weighted by Crippen LogP contribution is -2.00.